The van der Waals surface area contributed by atoms with E-state index in [0.717, 1.165) is 5.56 Å². The third kappa shape index (κ3) is 3.44. The van der Waals surface area contributed by atoms with Crippen LogP contribution in [0.3, 0.4) is 0 Å². The summed E-state index contributed by atoms with van der Waals surface area (Å²) >= 11 is 3.31. The molecule has 100 valence electrons. The molecule has 0 aliphatic heterocycles. The van der Waals surface area contributed by atoms with Gasteiger partial charge < -0.3 is 4.74 Å². The number of hydrogen-bond donors (Lipinski definition) is 0. The number of aryl methyl sites for hydroxylation is 1. The standard InChI is InChI=1S/C14H15BrN2O2/c1-10(8-11-6-4-3-5-7-11)19-14(18)12-9-16-17(2)13(12)15/h3-7,9-10H,8H2,1-2H3/t10-/m0/s1. The van der Waals surface area contributed by atoms with Gasteiger partial charge in [0.25, 0.3) is 0 Å². The van der Waals surface area contributed by atoms with Crippen molar-refractivity contribution in [2.24, 2.45) is 7.05 Å². The summed E-state index contributed by atoms with van der Waals surface area (Å²) in [6.07, 6.45) is 2.02. The topological polar surface area (TPSA) is 44.1 Å². The molecule has 0 unspecified atom stereocenters. The molecule has 2 aromatic rings. The van der Waals surface area contributed by atoms with E-state index in [1.165, 1.54) is 6.20 Å². The lowest BCUT2D eigenvalue weighted by Crippen LogP contribution is -2.17. The van der Waals surface area contributed by atoms with Gasteiger partial charge >= 0.3 is 5.97 Å². The number of nitrogens with zero attached hydrogens (tertiary/aromatic N) is 2. The highest BCUT2D eigenvalue weighted by atomic mass is 79.9. The van der Waals surface area contributed by atoms with E-state index >= 15 is 0 Å². The van der Waals surface area contributed by atoms with Crippen LogP contribution in [0.4, 0.5) is 0 Å². The average Bonchev–Trinajstić information content (AvgIpc) is 2.71. The van der Waals surface area contributed by atoms with Crippen molar-refractivity contribution in [3.05, 3.63) is 52.3 Å². The van der Waals surface area contributed by atoms with Crippen molar-refractivity contribution in [2.45, 2.75) is 19.4 Å². The van der Waals surface area contributed by atoms with Crippen LogP contribution < -0.4 is 0 Å². The van der Waals surface area contributed by atoms with E-state index in [1.807, 2.05) is 37.3 Å². The summed E-state index contributed by atoms with van der Waals surface area (Å²) in [7, 11) is 1.76. The SMILES string of the molecule is C[C@@H](Cc1ccccc1)OC(=O)c1cnn(C)c1Br. The van der Waals surface area contributed by atoms with E-state index in [9.17, 15) is 4.79 Å². The number of hydrogen-bond acceptors (Lipinski definition) is 3. The molecule has 4 nitrogen and oxygen atoms in total. The van der Waals surface area contributed by atoms with Crippen molar-refractivity contribution in [1.29, 1.82) is 0 Å². The van der Waals surface area contributed by atoms with Gasteiger partial charge in [-0.3, -0.25) is 4.68 Å². The van der Waals surface area contributed by atoms with Gasteiger partial charge in [-0.15, -0.1) is 0 Å². The van der Waals surface area contributed by atoms with E-state index in [1.54, 1.807) is 11.7 Å². The molecule has 1 aromatic heterocycles. The molecule has 0 N–H and O–H groups in total. The van der Waals surface area contributed by atoms with E-state index < -0.39 is 0 Å². The fraction of sp³-hybridized carbons (Fsp3) is 0.286. The molecule has 1 aromatic carbocycles. The molecule has 0 saturated carbocycles. The van der Waals surface area contributed by atoms with Gasteiger partial charge in [0, 0.05) is 13.5 Å². The van der Waals surface area contributed by atoms with Crippen LogP contribution in [-0.2, 0) is 18.2 Å². The molecule has 5 heteroatoms. The van der Waals surface area contributed by atoms with Crippen LogP contribution in [0.5, 0.6) is 0 Å². The molecule has 0 spiro atoms. The molecule has 0 saturated heterocycles. The second kappa shape index (κ2) is 6.02. The predicted octanol–water partition coefficient (Wildman–Crippen LogP) is 2.97. The van der Waals surface area contributed by atoms with Gasteiger partial charge in [0.05, 0.1) is 6.20 Å². The van der Waals surface area contributed by atoms with Gasteiger partial charge in [-0.05, 0) is 28.4 Å². The first kappa shape index (κ1) is 13.8. The summed E-state index contributed by atoms with van der Waals surface area (Å²) in [5, 5.41) is 4.00. The fourth-order valence-corrected chi connectivity index (χ4v) is 2.15. The Morgan fingerprint density at radius 3 is 2.68 bits per heavy atom. The highest BCUT2D eigenvalue weighted by Gasteiger charge is 2.18. The summed E-state index contributed by atoms with van der Waals surface area (Å²) in [4.78, 5) is 12.0. The van der Waals surface area contributed by atoms with Crippen LogP contribution in [-0.4, -0.2) is 21.9 Å². The Morgan fingerprint density at radius 1 is 1.42 bits per heavy atom. The Morgan fingerprint density at radius 2 is 2.11 bits per heavy atom. The molecular weight excluding hydrogens is 308 g/mol. The normalized spacial score (nSPS) is 12.2. The minimum Gasteiger partial charge on any atom is -0.459 e. The molecule has 1 atom stereocenters. The Hall–Kier alpha value is -1.62. The number of carbonyl (C=O) groups is 1. The molecule has 0 radical (unpaired) electrons. The first-order valence-electron chi connectivity index (χ1n) is 6.00. The quantitative estimate of drug-likeness (QED) is 0.813. The van der Waals surface area contributed by atoms with Crippen LogP contribution in [0.15, 0.2) is 41.1 Å². The Labute approximate surface area is 120 Å². The summed E-state index contributed by atoms with van der Waals surface area (Å²) in [6.45, 7) is 1.88. The van der Waals surface area contributed by atoms with Crippen LogP contribution in [0.25, 0.3) is 0 Å². The number of halogens is 1. The van der Waals surface area contributed by atoms with E-state index in [0.29, 0.717) is 16.6 Å². The van der Waals surface area contributed by atoms with Crippen molar-refractivity contribution < 1.29 is 9.53 Å². The zero-order valence-corrected chi connectivity index (χ0v) is 12.4. The summed E-state index contributed by atoms with van der Waals surface area (Å²) in [5.41, 5.74) is 1.59. The highest BCUT2D eigenvalue weighted by molar-refractivity contribution is 9.10. The number of carbonyl (C=O) groups excluding carboxylic acids is 1. The number of ether oxygens (including phenoxy) is 1. The van der Waals surface area contributed by atoms with E-state index in [-0.39, 0.29) is 12.1 Å². The van der Waals surface area contributed by atoms with Gasteiger partial charge in [0.2, 0.25) is 0 Å². The largest absolute Gasteiger partial charge is 0.459 e. The smallest absolute Gasteiger partial charge is 0.342 e. The summed E-state index contributed by atoms with van der Waals surface area (Å²) in [5.74, 6) is -0.358. The molecular formula is C14H15BrN2O2. The van der Waals surface area contributed by atoms with E-state index in [4.69, 9.17) is 4.74 Å². The van der Waals surface area contributed by atoms with Crippen molar-refractivity contribution in [2.75, 3.05) is 0 Å². The summed E-state index contributed by atoms with van der Waals surface area (Å²) < 4.78 is 7.62. The number of rotatable bonds is 4. The summed E-state index contributed by atoms with van der Waals surface area (Å²) in [6, 6.07) is 9.95. The first-order valence-corrected chi connectivity index (χ1v) is 6.79. The van der Waals surface area contributed by atoms with Gasteiger partial charge in [0.1, 0.15) is 16.3 Å². The zero-order valence-electron chi connectivity index (χ0n) is 10.8. The molecule has 1 heterocycles. The maximum atomic E-state index is 12.0. The minimum atomic E-state index is -0.358. The number of aromatic nitrogens is 2. The molecule has 0 bridgehead atoms. The third-order valence-corrected chi connectivity index (χ3v) is 3.70. The van der Waals surface area contributed by atoms with Crippen molar-refractivity contribution in [1.82, 2.24) is 9.78 Å². The lowest BCUT2D eigenvalue weighted by molar-refractivity contribution is 0.0341. The Bertz CT molecular complexity index is 566. The second-order valence-electron chi connectivity index (χ2n) is 4.38. The lowest BCUT2D eigenvalue weighted by atomic mass is 10.1. The predicted molar refractivity (Wildman–Crippen MR) is 75.9 cm³/mol. The van der Waals surface area contributed by atoms with Gasteiger partial charge in [-0.1, -0.05) is 30.3 Å². The maximum absolute atomic E-state index is 12.0. The average molecular weight is 323 g/mol. The van der Waals surface area contributed by atoms with Gasteiger partial charge in [-0.25, -0.2) is 4.79 Å². The zero-order chi connectivity index (χ0) is 13.8. The lowest BCUT2D eigenvalue weighted by Gasteiger charge is -2.12. The Balaban J connectivity index is 1.97. The number of esters is 1. The van der Waals surface area contributed by atoms with E-state index in [2.05, 4.69) is 21.0 Å². The number of benzene rings is 1. The highest BCUT2D eigenvalue weighted by Crippen LogP contribution is 2.17. The van der Waals surface area contributed by atoms with Crippen molar-refractivity contribution in [3.8, 4) is 0 Å². The van der Waals surface area contributed by atoms with Gasteiger partial charge in [0.15, 0.2) is 0 Å². The molecule has 2 rings (SSSR count). The minimum absolute atomic E-state index is 0.179. The van der Waals surface area contributed by atoms with Crippen molar-refractivity contribution >= 4 is 21.9 Å². The monoisotopic (exact) mass is 322 g/mol. The van der Waals surface area contributed by atoms with Gasteiger partial charge in [-0.2, -0.15) is 5.10 Å². The molecule has 19 heavy (non-hydrogen) atoms. The van der Waals surface area contributed by atoms with Crippen LogP contribution in [0.1, 0.15) is 22.8 Å². The first-order chi connectivity index (χ1) is 9.08. The fourth-order valence-electron chi connectivity index (χ4n) is 1.79. The van der Waals surface area contributed by atoms with Crippen LogP contribution in [0.2, 0.25) is 0 Å². The van der Waals surface area contributed by atoms with Crippen LogP contribution >= 0.6 is 15.9 Å². The van der Waals surface area contributed by atoms with Crippen molar-refractivity contribution in [3.63, 3.8) is 0 Å². The molecule has 0 fully saturated rings. The molecule has 0 aliphatic rings. The third-order valence-electron chi connectivity index (χ3n) is 2.76. The molecule has 0 aliphatic carbocycles. The Kier molecular flexibility index (Phi) is 4.37. The maximum Gasteiger partial charge on any atom is 0.342 e. The second-order valence-corrected chi connectivity index (χ2v) is 5.13. The van der Waals surface area contributed by atoms with Crippen LogP contribution in [0, 0.1) is 0 Å². The molecule has 0 amide bonds.